The molecule has 0 bridgehead atoms. The molecule has 108 valence electrons. The lowest BCUT2D eigenvalue weighted by atomic mass is 10.0. The van der Waals surface area contributed by atoms with Gasteiger partial charge in [-0.3, -0.25) is 0 Å². The highest BCUT2D eigenvalue weighted by atomic mass is 16.8. The van der Waals surface area contributed by atoms with E-state index in [9.17, 15) is 0 Å². The summed E-state index contributed by atoms with van der Waals surface area (Å²) in [6, 6.07) is 0. The van der Waals surface area contributed by atoms with E-state index in [0.717, 1.165) is 12.8 Å². The lowest BCUT2D eigenvalue weighted by Gasteiger charge is -2.51. The van der Waals surface area contributed by atoms with Crippen molar-refractivity contribution in [2.75, 3.05) is 13.2 Å². The number of hydrogen-bond acceptors (Lipinski definition) is 4. The van der Waals surface area contributed by atoms with Gasteiger partial charge in [-0.1, -0.05) is 13.8 Å². The van der Waals surface area contributed by atoms with Crippen LogP contribution < -0.4 is 0 Å². The Morgan fingerprint density at radius 2 is 1.11 bits per heavy atom. The van der Waals surface area contributed by atoms with Gasteiger partial charge in [0.05, 0.1) is 0 Å². The zero-order valence-corrected chi connectivity index (χ0v) is 12.6. The molecular formula is C14H28O4. The minimum absolute atomic E-state index is 0.114. The van der Waals surface area contributed by atoms with Crippen LogP contribution in [0, 0.1) is 0 Å². The molecule has 1 rings (SSSR count). The first-order valence-electron chi connectivity index (χ1n) is 7.09. The van der Waals surface area contributed by atoms with Crippen molar-refractivity contribution in [3.05, 3.63) is 0 Å². The van der Waals surface area contributed by atoms with Crippen LogP contribution in [-0.4, -0.2) is 37.0 Å². The molecule has 18 heavy (non-hydrogen) atoms. The molecule has 0 amide bonds. The van der Waals surface area contributed by atoms with Gasteiger partial charge in [0.15, 0.2) is 11.6 Å². The Morgan fingerprint density at radius 3 is 1.33 bits per heavy atom. The number of ether oxygens (including phenoxy) is 4. The zero-order valence-electron chi connectivity index (χ0n) is 12.6. The first kappa shape index (κ1) is 15.9. The fourth-order valence-corrected chi connectivity index (χ4v) is 2.67. The van der Waals surface area contributed by atoms with Crippen molar-refractivity contribution in [3.63, 3.8) is 0 Å². The van der Waals surface area contributed by atoms with Gasteiger partial charge >= 0.3 is 0 Å². The Kier molecular flexibility index (Phi) is 5.59. The molecule has 0 aromatic rings. The van der Waals surface area contributed by atoms with E-state index in [1.54, 1.807) is 0 Å². The maximum Gasteiger partial charge on any atom is 0.192 e. The van der Waals surface area contributed by atoms with E-state index in [2.05, 4.69) is 13.8 Å². The fraction of sp³-hybridized carbons (Fsp3) is 1.00. The summed E-state index contributed by atoms with van der Waals surface area (Å²) >= 11 is 0. The third-order valence-corrected chi connectivity index (χ3v) is 3.53. The molecule has 0 saturated carbocycles. The molecule has 0 spiro atoms. The van der Waals surface area contributed by atoms with Crippen LogP contribution in [0.1, 0.15) is 54.4 Å². The van der Waals surface area contributed by atoms with Crippen LogP contribution in [0.25, 0.3) is 0 Å². The lowest BCUT2D eigenvalue weighted by Crippen LogP contribution is -2.63. The fourth-order valence-electron chi connectivity index (χ4n) is 2.67. The summed E-state index contributed by atoms with van der Waals surface area (Å²) in [5, 5.41) is 0. The van der Waals surface area contributed by atoms with Crippen molar-refractivity contribution in [1.29, 1.82) is 0 Å². The number of rotatable bonds is 6. The molecule has 4 unspecified atom stereocenters. The zero-order chi connectivity index (χ0) is 13.8. The summed E-state index contributed by atoms with van der Waals surface area (Å²) in [5.74, 6) is -1.36. The Hall–Kier alpha value is -0.160. The monoisotopic (exact) mass is 260 g/mol. The second kappa shape index (κ2) is 6.33. The van der Waals surface area contributed by atoms with E-state index >= 15 is 0 Å². The van der Waals surface area contributed by atoms with Crippen LogP contribution in [0.3, 0.4) is 0 Å². The second-order valence-corrected chi connectivity index (χ2v) is 4.93. The predicted octanol–water partition coefficient (Wildman–Crippen LogP) is 3.10. The molecular weight excluding hydrogens is 232 g/mol. The lowest BCUT2D eigenvalue weighted by molar-refractivity contribution is -0.429. The molecule has 1 aliphatic rings. The first-order chi connectivity index (χ1) is 8.45. The molecule has 0 radical (unpaired) electrons. The summed E-state index contributed by atoms with van der Waals surface area (Å²) in [5.41, 5.74) is 0. The van der Waals surface area contributed by atoms with Crippen molar-refractivity contribution in [3.8, 4) is 0 Å². The van der Waals surface area contributed by atoms with Gasteiger partial charge < -0.3 is 18.9 Å². The Balaban J connectivity index is 2.92. The molecule has 0 aromatic carbocycles. The largest absolute Gasteiger partial charge is 0.348 e. The maximum atomic E-state index is 6.16. The van der Waals surface area contributed by atoms with E-state index in [1.807, 2.05) is 27.7 Å². The van der Waals surface area contributed by atoms with Gasteiger partial charge in [0.1, 0.15) is 12.2 Å². The Morgan fingerprint density at radius 1 is 0.778 bits per heavy atom. The van der Waals surface area contributed by atoms with E-state index in [0.29, 0.717) is 13.2 Å². The normalized spacial score (nSPS) is 41.0. The minimum atomic E-state index is -0.680. The summed E-state index contributed by atoms with van der Waals surface area (Å²) in [4.78, 5) is 0. The van der Waals surface area contributed by atoms with Crippen LogP contribution in [0.4, 0.5) is 0 Å². The Bertz CT molecular complexity index is 232. The maximum absolute atomic E-state index is 6.16. The van der Waals surface area contributed by atoms with Crippen molar-refractivity contribution in [2.24, 2.45) is 0 Å². The molecule has 4 atom stereocenters. The quantitative estimate of drug-likeness (QED) is 0.735. The summed E-state index contributed by atoms with van der Waals surface area (Å²) < 4.78 is 23.9. The van der Waals surface area contributed by atoms with Gasteiger partial charge in [-0.05, 0) is 40.5 Å². The third-order valence-electron chi connectivity index (χ3n) is 3.53. The molecule has 1 aliphatic heterocycles. The smallest absolute Gasteiger partial charge is 0.192 e. The SMILES string of the molecule is CCOC1(C)OC(CC)C(C)(OCC)OC1CC. The van der Waals surface area contributed by atoms with Crippen molar-refractivity contribution in [1.82, 2.24) is 0 Å². The molecule has 1 fully saturated rings. The highest BCUT2D eigenvalue weighted by molar-refractivity contribution is 4.89. The van der Waals surface area contributed by atoms with E-state index in [-0.39, 0.29) is 12.2 Å². The standard InChI is InChI=1S/C14H28O4/c1-7-11-13(5,15-9-3)18-12(8-2)14(6,17-11)16-10-4/h11-12H,7-10H2,1-6H3. The van der Waals surface area contributed by atoms with Crippen LogP contribution in [0.5, 0.6) is 0 Å². The molecule has 0 aromatic heterocycles. The Labute approximate surface area is 111 Å². The summed E-state index contributed by atoms with van der Waals surface area (Å²) in [6.07, 6.45) is 1.43. The van der Waals surface area contributed by atoms with Gasteiger partial charge in [-0.2, -0.15) is 0 Å². The van der Waals surface area contributed by atoms with Gasteiger partial charge in [0.25, 0.3) is 0 Å². The second-order valence-electron chi connectivity index (χ2n) is 4.93. The van der Waals surface area contributed by atoms with Crippen molar-refractivity contribution in [2.45, 2.75) is 78.2 Å². The highest BCUT2D eigenvalue weighted by Crippen LogP contribution is 2.39. The average molecular weight is 260 g/mol. The van der Waals surface area contributed by atoms with Crippen LogP contribution in [0.2, 0.25) is 0 Å². The van der Waals surface area contributed by atoms with Crippen molar-refractivity contribution >= 4 is 0 Å². The molecule has 0 N–H and O–H groups in total. The van der Waals surface area contributed by atoms with Gasteiger partial charge in [-0.15, -0.1) is 0 Å². The van der Waals surface area contributed by atoms with Gasteiger partial charge in [0.2, 0.25) is 0 Å². The molecule has 1 saturated heterocycles. The molecule has 4 heteroatoms. The van der Waals surface area contributed by atoms with E-state index in [1.165, 1.54) is 0 Å². The first-order valence-corrected chi connectivity index (χ1v) is 7.09. The van der Waals surface area contributed by atoms with Crippen LogP contribution >= 0.6 is 0 Å². The summed E-state index contributed by atoms with van der Waals surface area (Å²) in [7, 11) is 0. The summed E-state index contributed by atoms with van der Waals surface area (Å²) in [6.45, 7) is 13.2. The van der Waals surface area contributed by atoms with Crippen LogP contribution in [0.15, 0.2) is 0 Å². The van der Waals surface area contributed by atoms with Gasteiger partial charge in [-0.25, -0.2) is 0 Å². The molecule has 0 aliphatic carbocycles. The van der Waals surface area contributed by atoms with E-state index < -0.39 is 11.6 Å². The van der Waals surface area contributed by atoms with E-state index in [4.69, 9.17) is 18.9 Å². The van der Waals surface area contributed by atoms with Crippen LogP contribution in [-0.2, 0) is 18.9 Å². The minimum Gasteiger partial charge on any atom is -0.348 e. The average Bonchev–Trinajstić information content (AvgIpc) is 2.32. The highest BCUT2D eigenvalue weighted by Gasteiger charge is 2.52. The third kappa shape index (κ3) is 3.05. The molecule has 1 heterocycles. The van der Waals surface area contributed by atoms with Gasteiger partial charge in [0, 0.05) is 13.2 Å². The van der Waals surface area contributed by atoms with Crippen molar-refractivity contribution < 1.29 is 18.9 Å². The number of hydrogen-bond donors (Lipinski definition) is 0. The predicted molar refractivity (Wildman–Crippen MR) is 70.4 cm³/mol. The topological polar surface area (TPSA) is 36.9 Å². The molecule has 4 nitrogen and oxygen atoms in total.